The Morgan fingerprint density at radius 1 is 1.40 bits per heavy atom. The first-order valence-corrected chi connectivity index (χ1v) is 6.60. The summed E-state index contributed by atoms with van der Waals surface area (Å²) < 4.78 is 21.0. The highest BCUT2D eigenvalue weighted by molar-refractivity contribution is 5.44. The van der Waals surface area contributed by atoms with Crippen LogP contribution in [0.15, 0.2) is 18.2 Å². The summed E-state index contributed by atoms with van der Waals surface area (Å²) in [4.78, 5) is 0. The third-order valence-electron chi connectivity index (χ3n) is 2.99. The lowest BCUT2D eigenvalue weighted by molar-refractivity contribution is -0.00421. The summed E-state index contributed by atoms with van der Waals surface area (Å²) in [6, 6.07) is 5.44. The second kappa shape index (κ2) is 7.44. The first-order chi connectivity index (χ1) is 9.70. The largest absolute Gasteiger partial charge is 0.491 e. The van der Waals surface area contributed by atoms with Gasteiger partial charge in [0, 0.05) is 18.7 Å². The van der Waals surface area contributed by atoms with E-state index in [0.29, 0.717) is 25.6 Å². The molecule has 2 atom stereocenters. The number of fused-ring (bicyclic) bond motifs is 1. The maximum absolute atomic E-state index is 9.70. The molecule has 2 rings (SSSR count). The number of aliphatic hydroxyl groups excluding tert-OH is 1. The second-order valence-electron chi connectivity index (χ2n) is 4.65. The number of methoxy groups -OCH3 is 1. The fraction of sp³-hybridized carbons (Fsp3) is 0.571. The Bertz CT molecular complexity index is 426. The van der Waals surface area contributed by atoms with E-state index in [0.717, 1.165) is 11.3 Å². The third-order valence-corrected chi connectivity index (χ3v) is 2.99. The molecule has 1 aliphatic rings. The molecule has 0 radical (unpaired) electrons. The minimum atomic E-state index is -0.678. The van der Waals surface area contributed by atoms with Crippen LogP contribution in [0.1, 0.15) is 11.6 Å². The Morgan fingerprint density at radius 3 is 3.05 bits per heavy atom. The van der Waals surface area contributed by atoms with Gasteiger partial charge >= 0.3 is 0 Å². The van der Waals surface area contributed by atoms with Crippen LogP contribution >= 0.6 is 0 Å². The van der Waals surface area contributed by atoms with E-state index in [1.807, 2.05) is 12.1 Å². The standard InChI is InChI=1S/C14H21NO5/c1-17-4-5-18-7-10(16)8-19-11-2-3-12-13(15)9-20-14(12)6-11/h2-3,6,10,13,16H,4-5,7-9,15H2,1H3. The van der Waals surface area contributed by atoms with E-state index < -0.39 is 6.10 Å². The van der Waals surface area contributed by atoms with Crippen molar-refractivity contribution in [3.8, 4) is 11.5 Å². The summed E-state index contributed by atoms with van der Waals surface area (Å²) in [5, 5.41) is 9.70. The zero-order chi connectivity index (χ0) is 14.4. The van der Waals surface area contributed by atoms with Crippen LogP contribution in [-0.4, -0.2) is 51.4 Å². The molecule has 0 aliphatic carbocycles. The van der Waals surface area contributed by atoms with Crippen molar-refractivity contribution in [1.29, 1.82) is 0 Å². The van der Waals surface area contributed by atoms with Gasteiger partial charge in [0.2, 0.25) is 0 Å². The zero-order valence-electron chi connectivity index (χ0n) is 11.6. The molecule has 0 saturated carbocycles. The molecule has 3 N–H and O–H groups in total. The number of ether oxygens (including phenoxy) is 4. The molecule has 0 saturated heterocycles. The quantitative estimate of drug-likeness (QED) is 0.675. The molecule has 20 heavy (non-hydrogen) atoms. The molecule has 1 aliphatic heterocycles. The van der Waals surface area contributed by atoms with Crippen molar-refractivity contribution in [2.24, 2.45) is 5.73 Å². The summed E-state index contributed by atoms with van der Waals surface area (Å²) in [6.45, 7) is 1.84. The second-order valence-corrected chi connectivity index (χ2v) is 4.65. The van der Waals surface area contributed by atoms with Crippen molar-refractivity contribution in [2.75, 3.05) is 40.1 Å². The highest BCUT2D eigenvalue weighted by Crippen LogP contribution is 2.33. The molecule has 0 bridgehead atoms. The maximum Gasteiger partial charge on any atom is 0.127 e. The molecule has 0 spiro atoms. The minimum Gasteiger partial charge on any atom is -0.491 e. The van der Waals surface area contributed by atoms with Gasteiger partial charge in [-0.25, -0.2) is 0 Å². The van der Waals surface area contributed by atoms with Crippen LogP contribution in [0.2, 0.25) is 0 Å². The van der Waals surface area contributed by atoms with Crippen LogP contribution in [0.4, 0.5) is 0 Å². The van der Waals surface area contributed by atoms with E-state index >= 15 is 0 Å². The van der Waals surface area contributed by atoms with Gasteiger partial charge in [-0.2, -0.15) is 0 Å². The highest BCUT2D eigenvalue weighted by atomic mass is 16.5. The lowest BCUT2D eigenvalue weighted by atomic mass is 10.1. The molecule has 0 fully saturated rings. The topological polar surface area (TPSA) is 83.2 Å². The van der Waals surface area contributed by atoms with Crippen LogP contribution in [0.5, 0.6) is 11.5 Å². The van der Waals surface area contributed by atoms with Gasteiger partial charge in [-0.1, -0.05) is 0 Å². The summed E-state index contributed by atoms with van der Waals surface area (Å²) >= 11 is 0. The van der Waals surface area contributed by atoms with Crippen LogP contribution < -0.4 is 15.2 Å². The summed E-state index contributed by atoms with van der Waals surface area (Å²) in [6.07, 6.45) is -0.678. The summed E-state index contributed by atoms with van der Waals surface area (Å²) in [5.41, 5.74) is 6.85. The SMILES string of the molecule is COCCOCC(O)COc1ccc2c(c1)OCC2N. The lowest BCUT2D eigenvalue weighted by Crippen LogP contribution is -2.24. The maximum atomic E-state index is 9.70. The van der Waals surface area contributed by atoms with Gasteiger partial charge in [0.1, 0.15) is 30.8 Å². The molecule has 1 aromatic rings. The Kier molecular flexibility index (Phi) is 5.60. The fourth-order valence-corrected chi connectivity index (χ4v) is 1.91. The predicted octanol–water partition coefficient (Wildman–Crippen LogP) is 0.481. The monoisotopic (exact) mass is 283 g/mol. The van der Waals surface area contributed by atoms with Crippen LogP contribution in [-0.2, 0) is 9.47 Å². The van der Waals surface area contributed by atoms with Crippen molar-refractivity contribution in [1.82, 2.24) is 0 Å². The average molecular weight is 283 g/mol. The molecular weight excluding hydrogens is 262 g/mol. The van der Waals surface area contributed by atoms with Gasteiger partial charge in [0.15, 0.2) is 0 Å². The molecular formula is C14H21NO5. The van der Waals surface area contributed by atoms with E-state index in [1.165, 1.54) is 0 Å². The van der Waals surface area contributed by atoms with E-state index in [-0.39, 0.29) is 19.3 Å². The lowest BCUT2D eigenvalue weighted by Gasteiger charge is -2.13. The molecule has 112 valence electrons. The van der Waals surface area contributed by atoms with Crippen molar-refractivity contribution in [3.63, 3.8) is 0 Å². The number of rotatable bonds is 8. The van der Waals surface area contributed by atoms with Gasteiger partial charge in [0.25, 0.3) is 0 Å². The summed E-state index contributed by atoms with van der Waals surface area (Å²) in [5.74, 6) is 1.40. The number of hydrogen-bond acceptors (Lipinski definition) is 6. The molecule has 6 heteroatoms. The summed E-state index contributed by atoms with van der Waals surface area (Å²) in [7, 11) is 1.60. The average Bonchev–Trinajstić information content (AvgIpc) is 2.82. The molecule has 6 nitrogen and oxygen atoms in total. The van der Waals surface area contributed by atoms with Crippen molar-refractivity contribution >= 4 is 0 Å². The van der Waals surface area contributed by atoms with Gasteiger partial charge in [-0.3, -0.25) is 0 Å². The zero-order valence-corrected chi connectivity index (χ0v) is 11.6. The van der Waals surface area contributed by atoms with Crippen LogP contribution in [0.3, 0.4) is 0 Å². The van der Waals surface area contributed by atoms with Crippen molar-refractivity contribution in [3.05, 3.63) is 23.8 Å². The van der Waals surface area contributed by atoms with E-state index in [1.54, 1.807) is 13.2 Å². The van der Waals surface area contributed by atoms with E-state index in [4.69, 9.17) is 24.7 Å². The smallest absolute Gasteiger partial charge is 0.127 e. The Hall–Kier alpha value is -1.34. The number of hydrogen-bond donors (Lipinski definition) is 2. The Labute approximate surface area is 118 Å². The molecule has 1 aromatic carbocycles. The first-order valence-electron chi connectivity index (χ1n) is 6.60. The van der Waals surface area contributed by atoms with E-state index in [9.17, 15) is 5.11 Å². The normalized spacial score (nSPS) is 18.4. The molecule has 0 amide bonds. The first kappa shape index (κ1) is 15.1. The third kappa shape index (κ3) is 4.08. The van der Waals surface area contributed by atoms with Gasteiger partial charge < -0.3 is 29.8 Å². The number of nitrogens with two attached hydrogens (primary N) is 1. The van der Waals surface area contributed by atoms with Gasteiger partial charge in [-0.15, -0.1) is 0 Å². The molecule has 2 unspecified atom stereocenters. The molecule has 1 heterocycles. The van der Waals surface area contributed by atoms with E-state index in [2.05, 4.69) is 0 Å². The van der Waals surface area contributed by atoms with Crippen molar-refractivity contribution in [2.45, 2.75) is 12.1 Å². The highest BCUT2D eigenvalue weighted by Gasteiger charge is 2.20. The number of aliphatic hydroxyl groups is 1. The van der Waals surface area contributed by atoms with Crippen LogP contribution in [0, 0.1) is 0 Å². The van der Waals surface area contributed by atoms with Crippen molar-refractivity contribution < 1.29 is 24.1 Å². The minimum absolute atomic E-state index is 0.0705. The van der Waals surface area contributed by atoms with Gasteiger partial charge in [-0.05, 0) is 12.1 Å². The number of benzene rings is 1. The molecule has 0 aromatic heterocycles. The Balaban J connectivity index is 1.74. The predicted molar refractivity (Wildman–Crippen MR) is 73.1 cm³/mol. The Morgan fingerprint density at radius 2 is 2.25 bits per heavy atom. The van der Waals surface area contributed by atoms with Crippen LogP contribution in [0.25, 0.3) is 0 Å². The van der Waals surface area contributed by atoms with Gasteiger partial charge in [0.05, 0.1) is 25.9 Å². The fourth-order valence-electron chi connectivity index (χ4n) is 1.91.